The highest BCUT2D eigenvalue weighted by Gasteiger charge is 2.14. The van der Waals surface area contributed by atoms with Crippen LogP contribution in [0.4, 0.5) is 5.69 Å². The first kappa shape index (κ1) is 19.7. The SMILES string of the molecule is CCCCCC(=O)NC(=S)Nc1cccc(-c2ccc(C(=O)O)o2)c1C. The summed E-state index contributed by atoms with van der Waals surface area (Å²) in [6.07, 6.45) is 3.34. The predicted molar refractivity (Wildman–Crippen MR) is 104 cm³/mol. The molecule has 0 aliphatic carbocycles. The van der Waals surface area contributed by atoms with E-state index in [-0.39, 0.29) is 16.8 Å². The van der Waals surface area contributed by atoms with Gasteiger partial charge in [0.05, 0.1) is 0 Å². The van der Waals surface area contributed by atoms with Crippen molar-refractivity contribution >= 4 is 34.9 Å². The first-order valence-electron chi connectivity index (χ1n) is 8.46. The lowest BCUT2D eigenvalue weighted by Crippen LogP contribution is -2.34. The average molecular weight is 374 g/mol. The number of carbonyl (C=O) groups excluding carboxylic acids is 1. The van der Waals surface area contributed by atoms with E-state index in [1.165, 1.54) is 6.07 Å². The van der Waals surface area contributed by atoms with Crippen LogP contribution in [-0.2, 0) is 4.79 Å². The van der Waals surface area contributed by atoms with Crippen molar-refractivity contribution < 1.29 is 19.1 Å². The highest BCUT2D eigenvalue weighted by Crippen LogP contribution is 2.30. The minimum Gasteiger partial charge on any atom is -0.475 e. The lowest BCUT2D eigenvalue weighted by atomic mass is 10.0. The topological polar surface area (TPSA) is 91.6 Å². The third-order valence-corrected chi connectivity index (χ3v) is 4.13. The largest absolute Gasteiger partial charge is 0.475 e. The number of thiocarbonyl (C=S) groups is 1. The molecular weight excluding hydrogens is 352 g/mol. The molecule has 1 aromatic carbocycles. The Morgan fingerprint density at radius 2 is 1.96 bits per heavy atom. The van der Waals surface area contributed by atoms with Crippen LogP contribution < -0.4 is 10.6 Å². The molecule has 138 valence electrons. The molecule has 2 aromatic rings. The smallest absolute Gasteiger partial charge is 0.371 e. The summed E-state index contributed by atoms with van der Waals surface area (Å²) in [5.74, 6) is -0.886. The van der Waals surface area contributed by atoms with Crippen molar-refractivity contribution in [2.45, 2.75) is 39.5 Å². The summed E-state index contributed by atoms with van der Waals surface area (Å²) in [6, 6.07) is 8.49. The van der Waals surface area contributed by atoms with Crippen molar-refractivity contribution in [3.8, 4) is 11.3 Å². The molecule has 1 aromatic heterocycles. The maximum absolute atomic E-state index is 11.8. The number of carbonyl (C=O) groups is 2. The number of hydrogen-bond donors (Lipinski definition) is 3. The first-order chi connectivity index (χ1) is 12.4. The number of rotatable bonds is 7. The van der Waals surface area contributed by atoms with E-state index in [0.29, 0.717) is 12.2 Å². The van der Waals surface area contributed by atoms with Gasteiger partial charge in [0.25, 0.3) is 0 Å². The Bertz CT molecular complexity index is 814. The molecule has 0 saturated heterocycles. The quantitative estimate of drug-likeness (QED) is 0.493. The fraction of sp³-hybridized carbons (Fsp3) is 0.316. The van der Waals surface area contributed by atoms with Gasteiger partial charge in [-0.2, -0.15) is 0 Å². The Morgan fingerprint density at radius 1 is 1.19 bits per heavy atom. The molecular formula is C19H22N2O4S. The molecule has 0 aliphatic rings. The molecule has 0 unspecified atom stereocenters. The van der Waals surface area contributed by atoms with E-state index in [1.807, 2.05) is 19.1 Å². The molecule has 3 N–H and O–H groups in total. The standard InChI is InChI=1S/C19H22N2O4S/c1-3-4-5-9-17(22)21-19(26)20-14-8-6-7-13(12(14)2)15-10-11-16(25-15)18(23)24/h6-8,10-11H,3-5,9H2,1-2H3,(H,23,24)(H2,20,21,22,26). The van der Waals surface area contributed by atoms with Gasteiger partial charge in [-0.1, -0.05) is 31.9 Å². The van der Waals surface area contributed by atoms with Crippen molar-refractivity contribution in [3.05, 3.63) is 41.7 Å². The highest BCUT2D eigenvalue weighted by molar-refractivity contribution is 7.80. The van der Waals surface area contributed by atoms with E-state index in [9.17, 15) is 9.59 Å². The number of anilines is 1. The number of furan rings is 1. The third-order valence-electron chi connectivity index (χ3n) is 3.92. The van der Waals surface area contributed by atoms with Gasteiger partial charge in [-0.05, 0) is 49.3 Å². The van der Waals surface area contributed by atoms with Crippen LogP contribution in [0.2, 0.25) is 0 Å². The number of hydrogen-bond acceptors (Lipinski definition) is 4. The summed E-state index contributed by atoms with van der Waals surface area (Å²) in [7, 11) is 0. The highest BCUT2D eigenvalue weighted by atomic mass is 32.1. The molecule has 0 radical (unpaired) electrons. The predicted octanol–water partition coefficient (Wildman–Crippen LogP) is 4.35. The van der Waals surface area contributed by atoms with Crippen LogP contribution in [0.15, 0.2) is 34.7 Å². The summed E-state index contributed by atoms with van der Waals surface area (Å²) >= 11 is 5.20. The van der Waals surface area contributed by atoms with Crippen molar-refractivity contribution in [3.63, 3.8) is 0 Å². The van der Waals surface area contributed by atoms with E-state index >= 15 is 0 Å². The van der Waals surface area contributed by atoms with Gasteiger partial charge in [-0.15, -0.1) is 0 Å². The summed E-state index contributed by atoms with van der Waals surface area (Å²) in [4.78, 5) is 22.8. The molecule has 26 heavy (non-hydrogen) atoms. The maximum Gasteiger partial charge on any atom is 0.371 e. The van der Waals surface area contributed by atoms with Crippen LogP contribution >= 0.6 is 12.2 Å². The van der Waals surface area contributed by atoms with E-state index in [0.717, 1.165) is 36.1 Å². The number of aromatic carboxylic acids is 1. The van der Waals surface area contributed by atoms with Crippen LogP contribution in [0.5, 0.6) is 0 Å². The second kappa shape index (κ2) is 9.15. The van der Waals surface area contributed by atoms with E-state index in [1.54, 1.807) is 12.1 Å². The van der Waals surface area contributed by atoms with E-state index < -0.39 is 5.97 Å². The maximum atomic E-state index is 11.8. The van der Waals surface area contributed by atoms with Crippen LogP contribution in [0.25, 0.3) is 11.3 Å². The number of carboxylic acids is 1. The number of amides is 1. The Hall–Kier alpha value is -2.67. The van der Waals surface area contributed by atoms with E-state index in [4.69, 9.17) is 21.7 Å². The van der Waals surface area contributed by atoms with Crippen molar-refractivity contribution in [1.82, 2.24) is 5.32 Å². The molecule has 0 fully saturated rings. The minimum atomic E-state index is -1.12. The number of benzene rings is 1. The number of unbranched alkanes of at least 4 members (excludes halogenated alkanes) is 2. The average Bonchev–Trinajstić information content (AvgIpc) is 3.07. The van der Waals surface area contributed by atoms with Gasteiger partial charge >= 0.3 is 5.97 Å². The zero-order valence-electron chi connectivity index (χ0n) is 14.8. The molecule has 0 bridgehead atoms. The fourth-order valence-corrected chi connectivity index (χ4v) is 2.74. The van der Waals surface area contributed by atoms with Gasteiger partial charge in [0.1, 0.15) is 5.76 Å². The Labute approximate surface area is 157 Å². The minimum absolute atomic E-state index is 0.109. The molecule has 0 atom stereocenters. The number of carboxylic acid groups (broad SMARTS) is 1. The Balaban J connectivity index is 2.07. The monoisotopic (exact) mass is 374 g/mol. The summed E-state index contributed by atoms with van der Waals surface area (Å²) < 4.78 is 5.36. The van der Waals surface area contributed by atoms with Crippen LogP contribution in [0, 0.1) is 6.92 Å². The van der Waals surface area contributed by atoms with Gasteiger partial charge in [0.2, 0.25) is 11.7 Å². The van der Waals surface area contributed by atoms with Gasteiger partial charge in [0, 0.05) is 17.7 Å². The fourth-order valence-electron chi connectivity index (χ4n) is 2.51. The Kier molecular flexibility index (Phi) is 6.91. The van der Waals surface area contributed by atoms with E-state index in [2.05, 4.69) is 17.6 Å². The summed E-state index contributed by atoms with van der Waals surface area (Å²) in [5.41, 5.74) is 2.30. The summed E-state index contributed by atoms with van der Waals surface area (Å²) in [6.45, 7) is 3.95. The van der Waals surface area contributed by atoms with Crippen molar-refractivity contribution in [2.24, 2.45) is 0 Å². The second-order valence-corrected chi connectivity index (χ2v) is 6.31. The van der Waals surface area contributed by atoms with Gasteiger partial charge in [-0.25, -0.2) is 4.79 Å². The molecule has 0 aliphatic heterocycles. The molecule has 0 saturated carbocycles. The van der Waals surface area contributed by atoms with Gasteiger partial charge in [0.15, 0.2) is 5.11 Å². The molecule has 1 heterocycles. The second-order valence-electron chi connectivity index (χ2n) is 5.91. The summed E-state index contributed by atoms with van der Waals surface area (Å²) in [5, 5.41) is 14.9. The normalized spacial score (nSPS) is 10.4. The zero-order chi connectivity index (χ0) is 19.1. The first-order valence-corrected chi connectivity index (χ1v) is 8.87. The lowest BCUT2D eigenvalue weighted by molar-refractivity contribution is -0.119. The zero-order valence-corrected chi connectivity index (χ0v) is 15.6. The van der Waals surface area contributed by atoms with Crippen molar-refractivity contribution in [1.29, 1.82) is 0 Å². The Morgan fingerprint density at radius 3 is 2.62 bits per heavy atom. The number of nitrogens with one attached hydrogen (secondary N) is 2. The molecule has 7 heteroatoms. The lowest BCUT2D eigenvalue weighted by Gasteiger charge is -2.13. The molecule has 1 amide bonds. The van der Waals surface area contributed by atoms with Crippen molar-refractivity contribution in [2.75, 3.05) is 5.32 Å². The van der Waals surface area contributed by atoms with Crippen LogP contribution in [-0.4, -0.2) is 22.1 Å². The molecule has 0 spiro atoms. The van der Waals surface area contributed by atoms with Gasteiger partial charge in [-0.3, -0.25) is 4.79 Å². The van der Waals surface area contributed by atoms with Crippen LogP contribution in [0.3, 0.4) is 0 Å². The molecule has 6 nitrogen and oxygen atoms in total. The van der Waals surface area contributed by atoms with Crippen LogP contribution in [0.1, 0.15) is 48.7 Å². The third kappa shape index (κ3) is 5.16. The van der Waals surface area contributed by atoms with Gasteiger partial charge < -0.3 is 20.2 Å². The molecule has 2 rings (SSSR count).